The van der Waals surface area contributed by atoms with Gasteiger partial charge in [-0.05, 0) is 6.07 Å². The fourth-order valence-electron chi connectivity index (χ4n) is 0.722. The van der Waals surface area contributed by atoms with Gasteiger partial charge < -0.3 is 4.84 Å². The van der Waals surface area contributed by atoms with Gasteiger partial charge >= 0.3 is 0 Å². The third-order valence-corrected chi connectivity index (χ3v) is 1.62. The third kappa shape index (κ3) is 2.24. The predicted molar refractivity (Wildman–Crippen MR) is 44.7 cm³/mol. The number of halogens is 1. The lowest BCUT2D eigenvalue weighted by Crippen LogP contribution is -1.86. The van der Waals surface area contributed by atoms with Crippen LogP contribution in [0.25, 0.3) is 0 Å². The first kappa shape index (κ1) is 8.08. The number of rotatable bonds is 3. The van der Waals surface area contributed by atoms with E-state index in [9.17, 15) is 0 Å². The summed E-state index contributed by atoms with van der Waals surface area (Å²) in [5.74, 6) is 0. The Balaban J connectivity index is 2.69. The first-order valence-electron chi connectivity index (χ1n) is 3.10. The highest BCUT2D eigenvalue weighted by atomic mass is 35.5. The lowest BCUT2D eigenvalue weighted by molar-refractivity contribution is 0.133. The largest absolute Gasteiger partial charge is 0.391 e. The van der Waals surface area contributed by atoms with Crippen LogP contribution in [-0.4, -0.2) is 6.72 Å². The van der Waals surface area contributed by atoms with Crippen molar-refractivity contribution >= 4 is 18.3 Å². The van der Waals surface area contributed by atoms with E-state index in [1.165, 1.54) is 0 Å². The summed E-state index contributed by atoms with van der Waals surface area (Å²) in [4.78, 5) is 4.62. The van der Waals surface area contributed by atoms with E-state index in [0.29, 0.717) is 11.6 Å². The van der Waals surface area contributed by atoms with E-state index in [4.69, 9.17) is 18.3 Å². The summed E-state index contributed by atoms with van der Waals surface area (Å²) < 4.78 is 0. The number of hydrogen-bond acceptors (Lipinski definition) is 2. The van der Waals surface area contributed by atoms with Crippen LogP contribution in [-0.2, 0) is 11.4 Å². The molecule has 0 aliphatic rings. The van der Waals surface area contributed by atoms with Gasteiger partial charge in [0.1, 0.15) is 6.61 Å². The van der Waals surface area contributed by atoms with Crippen LogP contribution in [0.15, 0.2) is 29.4 Å². The number of nitrogens with zero attached hydrogens (tertiary/aromatic N) is 1. The second-order valence-electron chi connectivity index (χ2n) is 1.97. The van der Waals surface area contributed by atoms with Gasteiger partial charge in [-0.15, -0.1) is 0 Å². The molecule has 0 unspecified atom stereocenters. The van der Waals surface area contributed by atoms with Gasteiger partial charge in [-0.2, -0.15) is 0 Å². The molecular formula is C8H7ClNO. The van der Waals surface area contributed by atoms with Crippen molar-refractivity contribution < 1.29 is 4.84 Å². The molecule has 0 saturated heterocycles. The van der Waals surface area contributed by atoms with Crippen LogP contribution in [0, 0.1) is 0 Å². The van der Waals surface area contributed by atoms with E-state index in [0.717, 1.165) is 5.56 Å². The first-order valence-corrected chi connectivity index (χ1v) is 3.48. The van der Waals surface area contributed by atoms with Crippen LogP contribution in [0.3, 0.4) is 0 Å². The van der Waals surface area contributed by atoms with E-state index in [2.05, 4.69) is 9.99 Å². The fraction of sp³-hybridized carbons (Fsp3) is 0.125. The summed E-state index contributed by atoms with van der Waals surface area (Å²) in [6, 6.07) is 7.37. The molecule has 0 heterocycles. The normalized spacial score (nSPS) is 9.18. The molecule has 1 aromatic carbocycles. The van der Waals surface area contributed by atoms with E-state index in [1.54, 1.807) is 6.07 Å². The molecular weight excluding hydrogens is 162 g/mol. The first-order chi connectivity index (χ1) is 5.34. The fourth-order valence-corrected chi connectivity index (χ4v) is 0.913. The summed E-state index contributed by atoms with van der Waals surface area (Å²) in [7, 11) is 0. The predicted octanol–water partition coefficient (Wildman–Crippen LogP) is 2.35. The molecule has 0 atom stereocenters. The minimum absolute atomic E-state index is 0.316. The molecule has 0 bridgehead atoms. The molecule has 11 heavy (non-hydrogen) atoms. The zero-order valence-electron chi connectivity index (χ0n) is 5.83. The monoisotopic (exact) mass is 168 g/mol. The topological polar surface area (TPSA) is 21.6 Å². The summed E-state index contributed by atoms with van der Waals surface area (Å²) in [6.45, 7) is 5.10. The summed E-state index contributed by atoms with van der Waals surface area (Å²) in [5, 5.41) is 3.68. The van der Waals surface area contributed by atoms with Crippen molar-refractivity contribution in [2.45, 2.75) is 6.61 Å². The molecule has 0 amide bonds. The molecule has 1 rings (SSSR count). The van der Waals surface area contributed by atoms with Crippen LogP contribution in [0.2, 0.25) is 5.02 Å². The molecule has 2 nitrogen and oxygen atoms in total. The minimum atomic E-state index is 0.316. The van der Waals surface area contributed by atoms with Crippen molar-refractivity contribution in [1.29, 1.82) is 0 Å². The van der Waals surface area contributed by atoms with Gasteiger partial charge in [0, 0.05) is 10.6 Å². The minimum Gasteiger partial charge on any atom is -0.391 e. The lowest BCUT2D eigenvalue weighted by Gasteiger charge is -2.00. The van der Waals surface area contributed by atoms with Crippen LogP contribution in [0.1, 0.15) is 5.56 Å². The Hall–Kier alpha value is -1.02. The average molecular weight is 169 g/mol. The molecule has 0 saturated carbocycles. The lowest BCUT2D eigenvalue weighted by atomic mass is 10.2. The third-order valence-electron chi connectivity index (χ3n) is 1.25. The smallest absolute Gasteiger partial charge is 0.143 e. The van der Waals surface area contributed by atoms with Crippen molar-refractivity contribution in [2.24, 2.45) is 5.16 Å². The van der Waals surface area contributed by atoms with Gasteiger partial charge in [-0.25, -0.2) is 0 Å². The highest BCUT2D eigenvalue weighted by molar-refractivity contribution is 6.31. The molecule has 1 radical (unpaired) electrons. The Morgan fingerprint density at radius 1 is 1.45 bits per heavy atom. The van der Waals surface area contributed by atoms with E-state index in [-0.39, 0.29) is 0 Å². The molecule has 0 aliphatic heterocycles. The molecule has 0 spiro atoms. The average Bonchev–Trinajstić information content (AvgIpc) is 2.03. The van der Waals surface area contributed by atoms with Crippen molar-refractivity contribution in [1.82, 2.24) is 0 Å². The quantitative estimate of drug-likeness (QED) is 0.502. The standard InChI is InChI=1S/C8H7ClNO/c1-10-11-6-7-4-2-3-5-8(7)9/h1-5H,6H2. The van der Waals surface area contributed by atoms with Crippen LogP contribution < -0.4 is 0 Å². The molecule has 0 N–H and O–H groups in total. The van der Waals surface area contributed by atoms with Crippen molar-refractivity contribution in [2.75, 3.05) is 0 Å². The maximum Gasteiger partial charge on any atom is 0.143 e. The maximum absolute atomic E-state index is 5.80. The van der Waals surface area contributed by atoms with Crippen molar-refractivity contribution in [3.63, 3.8) is 0 Å². The van der Waals surface area contributed by atoms with E-state index < -0.39 is 0 Å². The van der Waals surface area contributed by atoms with Gasteiger partial charge in [0.2, 0.25) is 0 Å². The molecule has 0 fully saturated rings. The van der Waals surface area contributed by atoms with Crippen molar-refractivity contribution in [3.8, 4) is 0 Å². The zero-order valence-corrected chi connectivity index (χ0v) is 6.58. The number of hydrogen-bond donors (Lipinski definition) is 0. The van der Waals surface area contributed by atoms with Gasteiger partial charge in [0.15, 0.2) is 0 Å². The highest BCUT2D eigenvalue weighted by Gasteiger charge is 1.96. The Morgan fingerprint density at radius 3 is 2.82 bits per heavy atom. The molecule has 3 heteroatoms. The van der Waals surface area contributed by atoms with Crippen LogP contribution in [0.5, 0.6) is 0 Å². The second-order valence-corrected chi connectivity index (χ2v) is 2.38. The Morgan fingerprint density at radius 2 is 2.18 bits per heavy atom. The molecule has 1 aromatic rings. The van der Waals surface area contributed by atoms with Gasteiger partial charge in [0.25, 0.3) is 0 Å². The summed E-state index contributed by atoms with van der Waals surface area (Å²) in [5.41, 5.74) is 0.878. The van der Waals surface area contributed by atoms with Crippen LogP contribution >= 0.6 is 11.6 Å². The molecule has 0 aromatic heterocycles. The SMILES string of the molecule is [CH]=NOCc1ccccc1Cl. The van der Waals surface area contributed by atoms with Gasteiger partial charge in [0.05, 0.1) is 6.72 Å². The maximum atomic E-state index is 5.80. The Kier molecular flexibility index (Phi) is 2.93. The Bertz CT molecular complexity index is 250. The highest BCUT2D eigenvalue weighted by Crippen LogP contribution is 2.15. The van der Waals surface area contributed by atoms with E-state index >= 15 is 0 Å². The van der Waals surface area contributed by atoms with E-state index in [1.807, 2.05) is 18.2 Å². The molecule has 0 aliphatic carbocycles. The van der Waals surface area contributed by atoms with Crippen LogP contribution in [0.4, 0.5) is 0 Å². The second kappa shape index (κ2) is 3.98. The van der Waals surface area contributed by atoms with Crippen molar-refractivity contribution in [3.05, 3.63) is 34.9 Å². The van der Waals surface area contributed by atoms with Gasteiger partial charge in [-0.3, -0.25) is 0 Å². The zero-order chi connectivity index (χ0) is 8.10. The number of benzene rings is 1. The summed E-state index contributed by atoms with van der Waals surface area (Å²) >= 11 is 5.80. The van der Waals surface area contributed by atoms with Gasteiger partial charge in [-0.1, -0.05) is 35.0 Å². The molecule has 57 valence electrons. The summed E-state index contributed by atoms with van der Waals surface area (Å²) in [6.07, 6.45) is 0. The Labute approximate surface area is 70.4 Å².